The molecule has 0 spiro atoms. The van der Waals surface area contributed by atoms with Crippen molar-refractivity contribution in [2.45, 2.75) is 6.92 Å². The van der Waals surface area contributed by atoms with E-state index in [-0.39, 0.29) is 0 Å². The molecule has 0 fully saturated rings. The summed E-state index contributed by atoms with van der Waals surface area (Å²) in [6.45, 7) is 1.99. The Hall–Kier alpha value is -2.82. The first-order valence-electron chi connectivity index (χ1n) is 8.48. The molecule has 0 aliphatic heterocycles. The summed E-state index contributed by atoms with van der Waals surface area (Å²) < 4.78 is 0. The van der Waals surface area contributed by atoms with Gasteiger partial charge < -0.3 is 9.97 Å². The zero-order valence-corrected chi connectivity index (χ0v) is 15.9. The van der Waals surface area contributed by atoms with Crippen molar-refractivity contribution in [3.63, 3.8) is 0 Å². The molecule has 0 aliphatic rings. The number of aromatic amines is 2. The first-order chi connectivity index (χ1) is 13.1. The highest BCUT2D eigenvalue weighted by molar-refractivity contribution is 6.32. The van der Waals surface area contributed by atoms with E-state index >= 15 is 0 Å². The third kappa shape index (κ3) is 2.69. The summed E-state index contributed by atoms with van der Waals surface area (Å²) in [6, 6.07) is 13.7. The van der Waals surface area contributed by atoms with Gasteiger partial charge in [0.15, 0.2) is 0 Å². The first-order valence-corrected chi connectivity index (χ1v) is 9.24. The van der Waals surface area contributed by atoms with Gasteiger partial charge in [-0.2, -0.15) is 0 Å². The molecule has 0 aliphatic carbocycles. The molecular formula is C21H14Cl2N4. The molecule has 0 saturated heterocycles. The van der Waals surface area contributed by atoms with Crippen LogP contribution < -0.4 is 0 Å². The van der Waals surface area contributed by atoms with Gasteiger partial charge in [-0.15, -0.1) is 10.2 Å². The van der Waals surface area contributed by atoms with Crippen LogP contribution in [-0.2, 0) is 0 Å². The Morgan fingerprint density at radius 2 is 1.37 bits per heavy atom. The lowest BCUT2D eigenvalue weighted by molar-refractivity contribution is 1.05. The summed E-state index contributed by atoms with van der Waals surface area (Å²) in [4.78, 5) is 6.53. The minimum Gasteiger partial charge on any atom is -0.360 e. The first kappa shape index (κ1) is 16.4. The van der Waals surface area contributed by atoms with Gasteiger partial charge in [0.2, 0.25) is 0 Å². The predicted octanol–water partition coefficient (Wildman–Crippen LogP) is 6.39. The van der Waals surface area contributed by atoms with E-state index in [1.165, 1.54) is 0 Å². The van der Waals surface area contributed by atoms with E-state index in [1.54, 1.807) is 0 Å². The van der Waals surface area contributed by atoms with Crippen LogP contribution in [-0.4, -0.2) is 20.2 Å². The Morgan fingerprint density at radius 3 is 2.04 bits per heavy atom. The van der Waals surface area contributed by atoms with Gasteiger partial charge in [-0.25, -0.2) is 0 Å². The van der Waals surface area contributed by atoms with Crippen LogP contribution in [0.15, 0.2) is 54.9 Å². The molecule has 3 heterocycles. The zero-order valence-electron chi connectivity index (χ0n) is 14.3. The molecule has 3 aromatic heterocycles. The topological polar surface area (TPSA) is 57.4 Å². The van der Waals surface area contributed by atoms with E-state index in [0.29, 0.717) is 5.02 Å². The van der Waals surface area contributed by atoms with E-state index in [2.05, 4.69) is 20.2 Å². The normalized spacial score (nSPS) is 11.5. The van der Waals surface area contributed by atoms with Crippen molar-refractivity contribution in [3.05, 3.63) is 70.5 Å². The molecule has 0 unspecified atom stereocenters. The van der Waals surface area contributed by atoms with Crippen molar-refractivity contribution < 1.29 is 0 Å². The zero-order chi connectivity index (χ0) is 18.5. The van der Waals surface area contributed by atoms with Crippen molar-refractivity contribution in [3.8, 4) is 22.5 Å². The van der Waals surface area contributed by atoms with Crippen LogP contribution in [0, 0.1) is 6.92 Å². The summed E-state index contributed by atoms with van der Waals surface area (Å²) in [5, 5.41) is 12.4. The fourth-order valence-electron chi connectivity index (χ4n) is 3.39. The van der Waals surface area contributed by atoms with E-state index in [0.717, 1.165) is 54.9 Å². The molecule has 0 radical (unpaired) electrons. The lowest BCUT2D eigenvalue weighted by Crippen LogP contribution is -1.90. The third-order valence-electron chi connectivity index (χ3n) is 4.82. The Bertz CT molecular complexity index is 1300. The molecule has 0 atom stereocenters. The van der Waals surface area contributed by atoms with Gasteiger partial charge in [-0.1, -0.05) is 23.2 Å². The number of hydrogen-bond donors (Lipinski definition) is 2. The molecule has 132 valence electrons. The maximum atomic E-state index is 6.30. The summed E-state index contributed by atoms with van der Waals surface area (Å²) in [5.41, 5.74) is 6.63. The smallest absolute Gasteiger partial charge is 0.0951 e. The largest absolute Gasteiger partial charge is 0.360 e. The Kier molecular flexibility index (Phi) is 3.71. The maximum absolute atomic E-state index is 6.30. The molecule has 0 bridgehead atoms. The molecule has 5 rings (SSSR count). The van der Waals surface area contributed by atoms with Gasteiger partial charge in [0.1, 0.15) is 0 Å². The second-order valence-electron chi connectivity index (χ2n) is 6.55. The number of H-pyrrole nitrogens is 2. The minimum absolute atomic E-state index is 0.693. The third-order valence-corrected chi connectivity index (χ3v) is 5.46. The lowest BCUT2D eigenvalue weighted by atomic mass is 10.1. The lowest BCUT2D eigenvalue weighted by Gasteiger charge is -2.03. The molecule has 4 nitrogen and oxygen atoms in total. The van der Waals surface area contributed by atoms with Crippen molar-refractivity contribution in [1.29, 1.82) is 0 Å². The van der Waals surface area contributed by atoms with Crippen LogP contribution in [0.3, 0.4) is 0 Å². The summed E-state index contributed by atoms with van der Waals surface area (Å²) >= 11 is 12.4. The highest BCUT2D eigenvalue weighted by atomic mass is 35.5. The fraction of sp³-hybridized carbons (Fsp3) is 0.0476. The van der Waals surface area contributed by atoms with E-state index in [4.69, 9.17) is 23.2 Å². The number of hydrogen-bond acceptors (Lipinski definition) is 2. The molecule has 2 aromatic carbocycles. The highest BCUT2D eigenvalue weighted by Crippen LogP contribution is 2.33. The average molecular weight is 393 g/mol. The van der Waals surface area contributed by atoms with Crippen LogP contribution in [0.4, 0.5) is 0 Å². The van der Waals surface area contributed by atoms with Crippen LogP contribution >= 0.6 is 23.2 Å². The predicted molar refractivity (Wildman–Crippen MR) is 111 cm³/mol. The van der Waals surface area contributed by atoms with Crippen LogP contribution in [0.25, 0.3) is 44.3 Å². The van der Waals surface area contributed by atoms with E-state index in [9.17, 15) is 0 Å². The summed E-state index contributed by atoms with van der Waals surface area (Å²) in [6.07, 6.45) is 3.87. The van der Waals surface area contributed by atoms with E-state index in [1.807, 2.05) is 61.8 Å². The minimum atomic E-state index is 0.693. The van der Waals surface area contributed by atoms with Crippen LogP contribution in [0.5, 0.6) is 0 Å². The van der Waals surface area contributed by atoms with Gasteiger partial charge in [0.05, 0.1) is 11.4 Å². The number of fused-ring (bicyclic) bond motifs is 2. The summed E-state index contributed by atoms with van der Waals surface area (Å²) in [5.74, 6) is 0. The number of nitrogens with zero attached hydrogens (tertiary/aromatic N) is 2. The maximum Gasteiger partial charge on any atom is 0.0951 e. The number of rotatable bonds is 2. The quantitative estimate of drug-likeness (QED) is 0.365. The van der Waals surface area contributed by atoms with Gasteiger partial charge in [0.25, 0.3) is 0 Å². The Balaban J connectivity index is 1.59. The van der Waals surface area contributed by atoms with Gasteiger partial charge in [-0.3, -0.25) is 0 Å². The van der Waals surface area contributed by atoms with Crippen molar-refractivity contribution >= 4 is 45.0 Å². The number of nitrogens with one attached hydrogen (secondary N) is 2. The standard InChI is InChI=1S/C21H14Cl2N4/c1-11-6-21-14(8-17(11)23)16(10-25-21)20-5-4-19(26-27-20)15-9-24-18-3-2-12(22)7-13(15)18/h2-10,24-25H,1H3. The van der Waals surface area contributed by atoms with Crippen molar-refractivity contribution in [2.75, 3.05) is 0 Å². The number of benzene rings is 2. The fourth-order valence-corrected chi connectivity index (χ4v) is 3.72. The van der Waals surface area contributed by atoms with Crippen molar-refractivity contribution in [1.82, 2.24) is 20.2 Å². The second kappa shape index (κ2) is 6.12. The highest BCUT2D eigenvalue weighted by Gasteiger charge is 2.12. The molecule has 2 N–H and O–H groups in total. The summed E-state index contributed by atoms with van der Waals surface area (Å²) in [7, 11) is 0. The van der Waals surface area contributed by atoms with Crippen LogP contribution in [0.2, 0.25) is 10.0 Å². The molecule has 0 amide bonds. The Morgan fingerprint density at radius 1 is 0.741 bits per heavy atom. The average Bonchev–Trinajstić information content (AvgIpc) is 3.26. The molecule has 6 heteroatoms. The SMILES string of the molecule is Cc1cc2[nH]cc(-c3ccc(-c4c[nH]c5ccc(Cl)cc45)nn3)c2cc1Cl. The Labute approximate surface area is 165 Å². The van der Waals surface area contributed by atoms with Crippen molar-refractivity contribution in [2.24, 2.45) is 0 Å². The monoisotopic (exact) mass is 392 g/mol. The molecule has 27 heavy (non-hydrogen) atoms. The molecule has 5 aromatic rings. The number of halogens is 2. The molecule has 0 saturated carbocycles. The van der Waals surface area contributed by atoms with Gasteiger partial charge in [-0.05, 0) is 55.0 Å². The number of aromatic nitrogens is 4. The van der Waals surface area contributed by atoms with E-state index < -0.39 is 0 Å². The number of aryl methyl sites for hydroxylation is 1. The van der Waals surface area contributed by atoms with Gasteiger partial charge >= 0.3 is 0 Å². The second-order valence-corrected chi connectivity index (χ2v) is 7.39. The van der Waals surface area contributed by atoms with Gasteiger partial charge in [0, 0.05) is 55.4 Å². The molecular weight excluding hydrogens is 379 g/mol. The van der Waals surface area contributed by atoms with Crippen LogP contribution in [0.1, 0.15) is 5.56 Å².